The first-order valence-corrected chi connectivity index (χ1v) is 8.89. The summed E-state index contributed by atoms with van der Waals surface area (Å²) in [6, 6.07) is 8.10. The number of hydrogen-bond acceptors (Lipinski definition) is 5. The predicted molar refractivity (Wildman–Crippen MR) is 93.0 cm³/mol. The van der Waals surface area contributed by atoms with Crippen molar-refractivity contribution in [3.8, 4) is 5.75 Å². The fraction of sp³-hybridized carbons (Fsp3) is 0.556. The number of nitrogens with zero attached hydrogens (tertiary/aromatic N) is 5. The van der Waals surface area contributed by atoms with E-state index in [0.717, 1.165) is 38.1 Å². The van der Waals surface area contributed by atoms with Crippen molar-refractivity contribution in [2.45, 2.75) is 39.2 Å². The van der Waals surface area contributed by atoms with Crippen LogP contribution in [0.4, 0.5) is 0 Å². The number of likely N-dealkylation sites (tertiary alicyclic amines) is 1. The molecule has 0 aliphatic carbocycles. The van der Waals surface area contributed by atoms with Gasteiger partial charge in [-0.3, -0.25) is 4.79 Å². The minimum Gasteiger partial charge on any atom is -0.493 e. The second-order valence-corrected chi connectivity index (χ2v) is 6.65. The first-order chi connectivity index (χ1) is 12.2. The Morgan fingerprint density at radius 1 is 1.32 bits per heavy atom. The molecule has 3 rings (SSSR count). The quantitative estimate of drug-likeness (QED) is 0.769. The number of carbonyl (C=O) groups is 1. The van der Waals surface area contributed by atoms with E-state index in [9.17, 15) is 4.79 Å². The van der Waals surface area contributed by atoms with Crippen molar-refractivity contribution in [2.75, 3.05) is 19.7 Å². The van der Waals surface area contributed by atoms with E-state index < -0.39 is 0 Å². The van der Waals surface area contributed by atoms with Gasteiger partial charge in [0, 0.05) is 32.0 Å². The van der Waals surface area contributed by atoms with Crippen LogP contribution in [0.5, 0.6) is 5.75 Å². The molecule has 1 fully saturated rings. The highest BCUT2D eigenvalue weighted by Crippen LogP contribution is 2.20. The maximum atomic E-state index is 12.4. The number of ether oxygens (including phenoxy) is 1. The molecule has 1 unspecified atom stereocenters. The summed E-state index contributed by atoms with van der Waals surface area (Å²) in [5.74, 6) is 1.52. The van der Waals surface area contributed by atoms with E-state index in [4.69, 9.17) is 4.74 Å². The normalized spacial score (nSPS) is 17.5. The van der Waals surface area contributed by atoms with Crippen molar-refractivity contribution in [1.82, 2.24) is 25.1 Å². The lowest BCUT2D eigenvalue weighted by Crippen LogP contribution is -2.41. The van der Waals surface area contributed by atoms with Crippen LogP contribution < -0.4 is 4.74 Å². The Morgan fingerprint density at radius 3 is 2.92 bits per heavy atom. The van der Waals surface area contributed by atoms with E-state index >= 15 is 0 Å². The third-order valence-corrected chi connectivity index (χ3v) is 4.55. The highest BCUT2D eigenvalue weighted by molar-refractivity contribution is 5.76. The number of rotatable bonds is 7. The lowest BCUT2D eigenvalue weighted by atomic mass is 9.98. The third kappa shape index (κ3) is 5.27. The second kappa shape index (κ2) is 8.60. The molecule has 1 amide bonds. The molecule has 0 spiro atoms. The molecule has 2 aromatic rings. The van der Waals surface area contributed by atoms with Gasteiger partial charge in [-0.05, 0) is 48.7 Å². The van der Waals surface area contributed by atoms with Crippen LogP contribution in [0.3, 0.4) is 0 Å². The Bertz CT molecular complexity index is 657. The summed E-state index contributed by atoms with van der Waals surface area (Å²) in [5.41, 5.74) is 1.23. The van der Waals surface area contributed by atoms with Crippen LogP contribution in [0.15, 0.2) is 30.6 Å². The summed E-state index contributed by atoms with van der Waals surface area (Å²) in [6.45, 7) is 5.04. The monoisotopic (exact) mass is 343 g/mol. The van der Waals surface area contributed by atoms with Gasteiger partial charge < -0.3 is 9.64 Å². The van der Waals surface area contributed by atoms with Gasteiger partial charge in [-0.15, -0.1) is 5.10 Å². The van der Waals surface area contributed by atoms with Crippen LogP contribution >= 0.6 is 0 Å². The number of aryl methyl sites for hydroxylation is 2. The average molecular weight is 343 g/mol. The Kier molecular flexibility index (Phi) is 5.98. The van der Waals surface area contributed by atoms with E-state index in [2.05, 4.69) is 34.6 Å². The number of amides is 1. The fourth-order valence-corrected chi connectivity index (χ4v) is 3.11. The van der Waals surface area contributed by atoms with E-state index in [1.165, 1.54) is 5.56 Å². The summed E-state index contributed by atoms with van der Waals surface area (Å²) in [7, 11) is 0. The van der Waals surface area contributed by atoms with Gasteiger partial charge in [0.25, 0.3) is 0 Å². The van der Waals surface area contributed by atoms with Crippen LogP contribution in [0.2, 0.25) is 0 Å². The summed E-state index contributed by atoms with van der Waals surface area (Å²) >= 11 is 0. The van der Waals surface area contributed by atoms with Crippen molar-refractivity contribution in [2.24, 2.45) is 5.92 Å². The van der Waals surface area contributed by atoms with Crippen LogP contribution in [0.25, 0.3) is 0 Å². The maximum Gasteiger partial charge on any atom is 0.222 e. The molecule has 134 valence electrons. The molecule has 25 heavy (non-hydrogen) atoms. The molecule has 0 bridgehead atoms. The van der Waals surface area contributed by atoms with E-state index in [-0.39, 0.29) is 5.91 Å². The molecular formula is C18H25N5O2. The molecule has 7 nitrogen and oxygen atoms in total. The number of hydrogen-bond donors (Lipinski definition) is 0. The molecular weight excluding hydrogens is 318 g/mol. The fourth-order valence-electron chi connectivity index (χ4n) is 3.11. The minimum absolute atomic E-state index is 0.216. The third-order valence-electron chi connectivity index (χ3n) is 4.55. The van der Waals surface area contributed by atoms with Gasteiger partial charge in [0.05, 0.1) is 6.61 Å². The molecule has 0 radical (unpaired) electrons. The van der Waals surface area contributed by atoms with Crippen LogP contribution in [0.1, 0.15) is 31.2 Å². The van der Waals surface area contributed by atoms with Crippen LogP contribution in [-0.2, 0) is 11.3 Å². The molecule has 7 heteroatoms. The number of piperidine rings is 1. The number of benzene rings is 1. The van der Waals surface area contributed by atoms with Crippen molar-refractivity contribution in [3.05, 3.63) is 36.2 Å². The summed E-state index contributed by atoms with van der Waals surface area (Å²) in [5, 5.41) is 11.0. The Morgan fingerprint density at radius 2 is 2.16 bits per heavy atom. The molecule has 1 aliphatic heterocycles. The Labute approximate surface area is 148 Å². The lowest BCUT2D eigenvalue weighted by molar-refractivity contribution is -0.133. The highest BCUT2D eigenvalue weighted by atomic mass is 16.5. The first-order valence-electron chi connectivity index (χ1n) is 8.89. The zero-order valence-corrected chi connectivity index (χ0v) is 14.7. The second-order valence-electron chi connectivity index (χ2n) is 6.65. The average Bonchev–Trinajstić information content (AvgIpc) is 3.15. The Hall–Kier alpha value is -2.44. The van der Waals surface area contributed by atoms with Crippen molar-refractivity contribution in [3.63, 3.8) is 0 Å². The zero-order chi connectivity index (χ0) is 17.5. The van der Waals surface area contributed by atoms with Gasteiger partial charge in [0.2, 0.25) is 5.91 Å². The predicted octanol–water partition coefficient (Wildman–Crippen LogP) is 2.08. The molecule has 0 saturated carbocycles. The van der Waals surface area contributed by atoms with E-state index in [0.29, 0.717) is 25.5 Å². The lowest BCUT2D eigenvalue weighted by Gasteiger charge is -2.32. The van der Waals surface area contributed by atoms with Gasteiger partial charge in [0.15, 0.2) is 0 Å². The highest BCUT2D eigenvalue weighted by Gasteiger charge is 2.23. The Balaban J connectivity index is 1.40. The van der Waals surface area contributed by atoms with Crippen molar-refractivity contribution >= 4 is 5.91 Å². The summed E-state index contributed by atoms with van der Waals surface area (Å²) in [4.78, 5) is 14.4. The largest absolute Gasteiger partial charge is 0.493 e. The topological polar surface area (TPSA) is 73.1 Å². The standard InChI is InChI=1S/C18H25N5O2/c1-15-6-8-17(9-7-15)25-13-16-4-2-10-22(12-16)18(24)5-3-11-23-14-19-20-21-23/h6-9,14,16H,2-5,10-13H2,1H3. The van der Waals surface area contributed by atoms with Gasteiger partial charge >= 0.3 is 0 Å². The van der Waals surface area contributed by atoms with E-state index in [1.807, 2.05) is 17.0 Å². The molecule has 1 atom stereocenters. The van der Waals surface area contributed by atoms with Crippen LogP contribution in [-0.4, -0.2) is 50.7 Å². The van der Waals surface area contributed by atoms with Gasteiger partial charge in [-0.1, -0.05) is 17.7 Å². The van der Waals surface area contributed by atoms with Gasteiger partial charge in [-0.2, -0.15) is 0 Å². The van der Waals surface area contributed by atoms with Gasteiger partial charge in [0.1, 0.15) is 12.1 Å². The molecule has 1 aliphatic rings. The SMILES string of the molecule is Cc1ccc(OCC2CCCN(C(=O)CCCn3cnnn3)C2)cc1. The summed E-state index contributed by atoms with van der Waals surface area (Å²) in [6.07, 6.45) is 5.01. The summed E-state index contributed by atoms with van der Waals surface area (Å²) < 4.78 is 7.55. The number of tetrazole rings is 1. The van der Waals surface area contributed by atoms with Crippen molar-refractivity contribution < 1.29 is 9.53 Å². The molecule has 1 aromatic heterocycles. The first kappa shape index (κ1) is 17.4. The number of aromatic nitrogens is 4. The van der Waals surface area contributed by atoms with Gasteiger partial charge in [-0.25, -0.2) is 4.68 Å². The number of carbonyl (C=O) groups excluding carboxylic acids is 1. The molecule has 0 N–H and O–H groups in total. The maximum absolute atomic E-state index is 12.4. The zero-order valence-electron chi connectivity index (χ0n) is 14.7. The van der Waals surface area contributed by atoms with E-state index in [1.54, 1.807) is 11.0 Å². The minimum atomic E-state index is 0.216. The molecule has 1 saturated heterocycles. The van der Waals surface area contributed by atoms with Crippen molar-refractivity contribution in [1.29, 1.82) is 0 Å². The molecule has 1 aromatic carbocycles. The van der Waals surface area contributed by atoms with Crippen LogP contribution in [0, 0.1) is 12.8 Å². The molecule has 2 heterocycles. The smallest absolute Gasteiger partial charge is 0.222 e.